The quantitative estimate of drug-likeness (QED) is 0.534. The first-order valence-electron chi connectivity index (χ1n) is 9.77. The molecule has 0 aliphatic heterocycles. The molecule has 0 saturated heterocycles. The molecule has 0 unspecified atom stereocenters. The molecule has 1 saturated carbocycles. The second-order valence-corrected chi connectivity index (χ2v) is 7.91. The van der Waals surface area contributed by atoms with Gasteiger partial charge < -0.3 is 4.52 Å². The minimum Gasteiger partial charge on any atom is -0.337 e. The van der Waals surface area contributed by atoms with Crippen LogP contribution in [0.1, 0.15) is 61.4 Å². The molecule has 8 heteroatoms. The Balaban J connectivity index is 1.48. The van der Waals surface area contributed by atoms with Gasteiger partial charge in [0.15, 0.2) is 11.6 Å². The molecular formula is C22H22ClN5O2. The van der Waals surface area contributed by atoms with Gasteiger partial charge in [0, 0.05) is 10.9 Å². The van der Waals surface area contributed by atoms with E-state index in [1.165, 1.54) is 16.5 Å². The smallest absolute Gasteiger partial charge is 0.263 e. The molecule has 0 radical (unpaired) electrons. The SMILES string of the molecule is C=Nc1ncn(Cc2nc(C3CC(c4cccc(Cl)c4)C3)no2)c(=O)c1/C(C)=C\C. The van der Waals surface area contributed by atoms with Crippen molar-refractivity contribution in [3.05, 3.63) is 74.9 Å². The molecule has 1 fully saturated rings. The molecule has 0 spiro atoms. The largest absolute Gasteiger partial charge is 0.337 e. The first-order chi connectivity index (χ1) is 14.5. The maximum atomic E-state index is 12.9. The van der Waals surface area contributed by atoms with Crippen LogP contribution in [-0.4, -0.2) is 26.4 Å². The van der Waals surface area contributed by atoms with Gasteiger partial charge in [0.2, 0.25) is 5.89 Å². The average molecular weight is 424 g/mol. The minimum absolute atomic E-state index is 0.157. The number of aromatic nitrogens is 4. The molecular weight excluding hydrogens is 402 g/mol. The van der Waals surface area contributed by atoms with Crippen LogP contribution in [0.5, 0.6) is 0 Å². The lowest BCUT2D eigenvalue weighted by atomic mass is 9.71. The number of halogens is 1. The van der Waals surface area contributed by atoms with E-state index in [1.807, 2.05) is 38.1 Å². The summed E-state index contributed by atoms with van der Waals surface area (Å²) in [6.45, 7) is 7.36. The van der Waals surface area contributed by atoms with Crippen molar-refractivity contribution in [1.82, 2.24) is 19.7 Å². The van der Waals surface area contributed by atoms with Crippen molar-refractivity contribution in [2.24, 2.45) is 4.99 Å². The first-order valence-corrected chi connectivity index (χ1v) is 10.1. The van der Waals surface area contributed by atoms with Gasteiger partial charge >= 0.3 is 0 Å². The predicted octanol–water partition coefficient (Wildman–Crippen LogP) is 4.74. The van der Waals surface area contributed by atoms with E-state index in [4.69, 9.17) is 16.1 Å². The molecule has 7 nitrogen and oxygen atoms in total. The van der Waals surface area contributed by atoms with Gasteiger partial charge in [0.05, 0.1) is 5.56 Å². The summed E-state index contributed by atoms with van der Waals surface area (Å²) in [5.74, 6) is 2.07. The molecule has 0 atom stereocenters. The lowest BCUT2D eigenvalue weighted by Gasteiger charge is -2.33. The van der Waals surface area contributed by atoms with E-state index in [9.17, 15) is 4.79 Å². The highest BCUT2D eigenvalue weighted by molar-refractivity contribution is 6.30. The van der Waals surface area contributed by atoms with Crippen LogP contribution in [0.2, 0.25) is 5.02 Å². The lowest BCUT2D eigenvalue weighted by molar-refractivity contribution is 0.315. The summed E-state index contributed by atoms with van der Waals surface area (Å²) in [6.07, 6.45) is 5.17. The Morgan fingerprint density at radius 2 is 2.20 bits per heavy atom. The fraction of sp³-hybridized carbons (Fsp3) is 0.318. The van der Waals surface area contributed by atoms with Crippen LogP contribution in [0.4, 0.5) is 5.82 Å². The third-order valence-corrected chi connectivity index (χ3v) is 5.84. The molecule has 1 aliphatic carbocycles. The van der Waals surface area contributed by atoms with Crippen molar-refractivity contribution in [2.45, 2.75) is 45.1 Å². The monoisotopic (exact) mass is 423 g/mol. The predicted molar refractivity (Wildman–Crippen MR) is 117 cm³/mol. The van der Waals surface area contributed by atoms with E-state index in [1.54, 1.807) is 0 Å². The zero-order chi connectivity index (χ0) is 21.3. The van der Waals surface area contributed by atoms with Crippen LogP contribution >= 0.6 is 11.6 Å². The third kappa shape index (κ3) is 3.85. The van der Waals surface area contributed by atoms with E-state index in [0.717, 1.165) is 23.4 Å². The Labute approximate surface area is 179 Å². The van der Waals surface area contributed by atoms with Gasteiger partial charge in [-0.2, -0.15) is 4.98 Å². The minimum atomic E-state index is -0.215. The summed E-state index contributed by atoms with van der Waals surface area (Å²) in [5.41, 5.74) is 2.24. The number of benzene rings is 1. The molecule has 4 rings (SSSR count). The maximum Gasteiger partial charge on any atom is 0.263 e. The van der Waals surface area contributed by atoms with E-state index in [2.05, 4.69) is 32.9 Å². The van der Waals surface area contributed by atoms with Crippen molar-refractivity contribution in [3.8, 4) is 0 Å². The Morgan fingerprint density at radius 1 is 1.40 bits per heavy atom. The topological polar surface area (TPSA) is 86.2 Å². The highest BCUT2D eigenvalue weighted by Crippen LogP contribution is 2.46. The van der Waals surface area contributed by atoms with Gasteiger partial charge in [0.25, 0.3) is 5.56 Å². The molecule has 0 bridgehead atoms. The van der Waals surface area contributed by atoms with Crippen LogP contribution in [0.3, 0.4) is 0 Å². The van der Waals surface area contributed by atoms with Crippen LogP contribution in [0.25, 0.3) is 5.57 Å². The number of hydrogen-bond acceptors (Lipinski definition) is 6. The second kappa shape index (κ2) is 8.36. The van der Waals surface area contributed by atoms with Gasteiger partial charge in [-0.25, -0.2) is 9.98 Å². The molecule has 2 aromatic heterocycles. The van der Waals surface area contributed by atoms with Crippen LogP contribution in [0.15, 0.2) is 51.0 Å². The van der Waals surface area contributed by atoms with Crippen LogP contribution in [-0.2, 0) is 6.54 Å². The van der Waals surface area contributed by atoms with E-state index < -0.39 is 0 Å². The summed E-state index contributed by atoms with van der Waals surface area (Å²) in [6, 6.07) is 7.96. The molecule has 0 N–H and O–H groups in total. The fourth-order valence-corrected chi connectivity index (χ4v) is 3.91. The summed E-state index contributed by atoms with van der Waals surface area (Å²) in [4.78, 5) is 25.5. The lowest BCUT2D eigenvalue weighted by Crippen LogP contribution is -2.24. The molecule has 2 heterocycles. The van der Waals surface area contributed by atoms with Crippen molar-refractivity contribution in [3.63, 3.8) is 0 Å². The summed E-state index contributed by atoms with van der Waals surface area (Å²) in [5, 5.41) is 4.88. The van der Waals surface area contributed by atoms with Crippen molar-refractivity contribution in [1.29, 1.82) is 0 Å². The molecule has 3 aromatic rings. The number of allylic oxidation sites excluding steroid dienone is 2. The molecule has 154 valence electrons. The van der Waals surface area contributed by atoms with Crippen molar-refractivity contribution >= 4 is 29.7 Å². The second-order valence-electron chi connectivity index (χ2n) is 7.47. The van der Waals surface area contributed by atoms with Crippen LogP contribution in [0, 0.1) is 0 Å². The summed E-state index contributed by atoms with van der Waals surface area (Å²) in [7, 11) is 0. The highest BCUT2D eigenvalue weighted by atomic mass is 35.5. The maximum absolute atomic E-state index is 12.9. The van der Waals surface area contributed by atoms with E-state index >= 15 is 0 Å². The van der Waals surface area contributed by atoms with Crippen molar-refractivity contribution < 1.29 is 4.52 Å². The van der Waals surface area contributed by atoms with E-state index in [0.29, 0.717) is 29.0 Å². The summed E-state index contributed by atoms with van der Waals surface area (Å²) >= 11 is 6.09. The Morgan fingerprint density at radius 3 is 2.90 bits per heavy atom. The van der Waals surface area contributed by atoms with Gasteiger partial charge in [-0.3, -0.25) is 9.36 Å². The van der Waals surface area contributed by atoms with Gasteiger partial charge in [-0.1, -0.05) is 35.0 Å². The molecule has 1 aliphatic rings. The normalized spacial score (nSPS) is 18.8. The number of hydrogen-bond donors (Lipinski definition) is 0. The zero-order valence-corrected chi connectivity index (χ0v) is 17.6. The Hall–Kier alpha value is -3.06. The molecule has 1 aromatic carbocycles. The number of aliphatic imine (C=N–C) groups is 1. The molecule has 0 amide bonds. The number of nitrogens with zero attached hydrogens (tertiary/aromatic N) is 5. The average Bonchev–Trinajstić information content (AvgIpc) is 3.15. The van der Waals surface area contributed by atoms with Gasteiger partial charge in [-0.05, 0) is 62.6 Å². The van der Waals surface area contributed by atoms with Crippen molar-refractivity contribution in [2.75, 3.05) is 0 Å². The third-order valence-electron chi connectivity index (χ3n) is 5.61. The number of rotatable bonds is 6. The first kappa shape index (κ1) is 20.2. The Kier molecular flexibility index (Phi) is 5.63. The Bertz CT molecular complexity index is 1170. The van der Waals surface area contributed by atoms with Gasteiger partial charge in [0.1, 0.15) is 12.9 Å². The van der Waals surface area contributed by atoms with Crippen LogP contribution < -0.4 is 5.56 Å². The fourth-order valence-electron chi connectivity index (χ4n) is 3.71. The highest BCUT2D eigenvalue weighted by Gasteiger charge is 2.34. The summed E-state index contributed by atoms with van der Waals surface area (Å²) < 4.78 is 6.85. The standard InChI is InChI=1S/C22H22ClN5O2/c1-4-13(2)19-21(24-3)25-12-28(22(19)29)11-18-26-20(27-30-18)16-8-15(9-16)14-6-5-7-17(23)10-14/h4-7,10,12,15-16H,3,8-9,11H2,1-2H3/b13-4-. The van der Waals surface area contributed by atoms with Gasteiger partial charge in [-0.15, -0.1) is 0 Å². The molecule has 30 heavy (non-hydrogen) atoms. The van der Waals surface area contributed by atoms with E-state index in [-0.39, 0.29) is 18.0 Å². The zero-order valence-electron chi connectivity index (χ0n) is 16.9.